The van der Waals surface area contributed by atoms with Gasteiger partial charge in [-0.05, 0) is 36.6 Å². The lowest BCUT2D eigenvalue weighted by molar-refractivity contribution is -0.141. The number of nitrogens with one attached hydrogen (secondary N) is 1. The summed E-state index contributed by atoms with van der Waals surface area (Å²) in [5.41, 5.74) is 0.326. The molecule has 0 spiro atoms. The number of pyridine rings is 1. The van der Waals surface area contributed by atoms with Crippen molar-refractivity contribution in [3.63, 3.8) is 0 Å². The van der Waals surface area contributed by atoms with Gasteiger partial charge in [-0.25, -0.2) is 4.98 Å². The van der Waals surface area contributed by atoms with Crippen LogP contribution in [0.25, 0.3) is 0 Å². The molecule has 1 aromatic carbocycles. The van der Waals surface area contributed by atoms with Gasteiger partial charge in [0.15, 0.2) is 0 Å². The molecule has 1 saturated heterocycles. The second kappa shape index (κ2) is 6.48. The van der Waals surface area contributed by atoms with E-state index in [1.165, 1.54) is 11.8 Å². The minimum atomic E-state index is -4.41. The Bertz CT molecular complexity index is 643. The minimum absolute atomic E-state index is 0.276. The minimum Gasteiger partial charge on any atom is -0.371 e. The van der Waals surface area contributed by atoms with Gasteiger partial charge in [0.1, 0.15) is 11.5 Å². The highest BCUT2D eigenvalue weighted by Gasteiger charge is 2.32. The number of aromatic nitrogens is 1. The molecule has 23 heavy (non-hydrogen) atoms. The van der Waals surface area contributed by atoms with Crippen LogP contribution in [-0.2, 0) is 6.18 Å². The molecule has 0 saturated carbocycles. The molecule has 6 heteroatoms. The van der Waals surface area contributed by atoms with E-state index in [0.29, 0.717) is 12.5 Å². The predicted molar refractivity (Wildman–Crippen MR) is 84.5 cm³/mol. The van der Waals surface area contributed by atoms with E-state index in [9.17, 15) is 13.2 Å². The van der Waals surface area contributed by atoms with E-state index in [4.69, 9.17) is 0 Å². The number of alkyl halides is 3. The zero-order chi connectivity index (χ0) is 16.3. The molecule has 0 unspecified atom stereocenters. The summed E-state index contributed by atoms with van der Waals surface area (Å²) < 4.78 is 38.0. The van der Waals surface area contributed by atoms with Gasteiger partial charge in [0.2, 0.25) is 0 Å². The van der Waals surface area contributed by atoms with Crippen LogP contribution in [-0.4, -0.2) is 24.6 Å². The largest absolute Gasteiger partial charge is 0.433 e. The maximum atomic E-state index is 12.7. The maximum Gasteiger partial charge on any atom is 0.433 e. The van der Waals surface area contributed by atoms with Crippen molar-refractivity contribution in [3.8, 4) is 0 Å². The number of rotatable bonds is 4. The average Bonchev–Trinajstić information content (AvgIpc) is 3.02. The van der Waals surface area contributed by atoms with E-state index in [2.05, 4.69) is 27.3 Å². The monoisotopic (exact) mass is 321 g/mol. The number of anilines is 2. The summed E-state index contributed by atoms with van der Waals surface area (Å²) in [4.78, 5) is 5.93. The quantitative estimate of drug-likeness (QED) is 0.921. The van der Waals surface area contributed by atoms with Gasteiger partial charge in [-0.3, -0.25) is 0 Å². The molecule has 0 radical (unpaired) electrons. The lowest BCUT2D eigenvalue weighted by Crippen LogP contribution is -2.22. The average molecular weight is 321 g/mol. The van der Waals surface area contributed by atoms with E-state index in [-0.39, 0.29) is 5.82 Å². The van der Waals surface area contributed by atoms with E-state index in [1.54, 1.807) is 6.07 Å². The first-order chi connectivity index (χ1) is 11.0. The van der Waals surface area contributed by atoms with Gasteiger partial charge < -0.3 is 10.2 Å². The summed E-state index contributed by atoms with van der Waals surface area (Å²) >= 11 is 0. The van der Waals surface area contributed by atoms with Gasteiger partial charge in [-0.1, -0.05) is 24.3 Å². The van der Waals surface area contributed by atoms with Crippen molar-refractivity contribution >= 4 is 11.5 Å². The molecule has 1 fully saturated rings. The Hall–Kier alpha value is -2.24. The zero-order valence-electron chi connectivity index (χ0n) is 12.6. The summed E-state index contributed by atoms with van der Waals surface area (Å²) in [6.07, 6.45) is -3.39. The first-order valence-electron chi connectivity index (χ1n) is 7.60. The van der Waals surface area contributed by atoms with Crippen LogP contribution in [0.1, 0.15) is 12.1 Å². The molecule has 1 aromatic heterocycles. The number of halogens is 3. The van der Waals surface area contributed by atoms with Gasteiger partial charge in [0.05, 0.1) is 0 Å². The van der Waals surface area contributed by atoms with Crippen LogP contribution in [0.3, 0.4) is 0 Å². The van der Waals surface area contributed by atoms with Gasteiger partial charge in [-0.15, -0.1) is 0 Å². The summed E-state index contributed by atoms with van der Waals surface area (Å²) in [7, 11) is 0. The second-order valence-electron chi connectivity index (χ2n) is 5.72. The van der Waals surface area contributed by atoms with Crippen molar-refractivity contribution in [2.24, 2.45) is 5.92 Å². The first-order valence-corrected chi connectivity index (χ1v) is 7.60. The van der Waals surface area contributed by atoms with E-state index in [0.717, 1.165) is 25.6 Å². The lowest BCUT2D eigenvalue weighted by atomic mass is 10.1. The number of nitrogens with zero attached hydrogens (tertiary/aromatic N) is 2. The molecule has 1 aliphatic rings. The number of hydrogen-bond donors (Lipinski definition) is 1. The van der Waals surface area contributed by atoms with Crippen LogP contribution in [0, 0.1) is 5.92 Å². The Labute approximate surface area is 133 Å². The molecule has 0 amide bonds. The molecule has 1 atom stereocenters. The summed E-state index contributed by atoms with van der Waals surface area (Å²) in [6, 6.07) is 14.1. The Morgan fingerprint density at radius 2 is 1.87 bits per heavy atom. The molecular weight excluding hydrogens is 303 g/mol. The molecule has 2 aromatic rings. The predicted octanol–water partition coefficient (Wildman–Crippen LogP) is 4.04. The molecule has 0 aliphatic carbocycles. The SMILES string of the molecule is FC(F)(F)c1cccc(NC[C@@H]2CCN(c3ccccc3)C2)n1. The third-order valence-electron chi connectivity index (χ3n) is 4.02. The van der Waals surface area contributed by atoms with Crippen LogP contribution in [0.15, 0.2) is 48.5 Å². The Kier molecular flexibility index (Phi) is 4.41. The van der Waals surface area contributed by atoms with E-state index in [1.807, 2.05) is 18.2 Å². The van der Waals surface area contributed by atoms with Gasteiger partial charge in [0, 0.05) is 25.3 Å². The van der Waals surface area contributed by atoms with Crippen molar-refractivity contribution in [1.29, 1.82) is 0 Å². The smallest absolute Gasteiger partial charge is 0.371 e. The fourth-order valence-corrected chi connectivity index (χ4v) is 2.81. The van der Waals surface area contributed by atoms with Crippen molar-refractivity contribution < 1.29 is 13.2 Å². The summed E-state index contributed by atoms with van der Waals surface area (Å²) in [6.45, 7) is 2.49. The van der Waals surface area contributed by atoms with Crippen LogP contribution in [0.2, 0.25) is 0 Å². The van der Waals surface area contributed by atoms with Gasteiger partial charge >= 0.3 is 6.18 Å². The number of benzene rings is 1. The Morgan fingerprint density at radius 3 is 2.61 bits per heavy atom. The molecule has 3 nitrogen and oxygen atoms in total. The van der Waals surface area contributed by atoms with Crippen LogP contribution >= 0.6 is 0 Å². The van der Waals surface area contributed by atoms with Crippen molar-refractivity contribution in [2.45, 2.75) is 12.6 Å². The first kappa shape index (κ1) is 15.6. The van der Waals surface area contributed by atoms with Crippen LogP contribution in [0.5, 0.6) is 0 Å². The molecule has 2 heterocycles. The fraction of sp³-hybridized carbons (Fsp3) is 0.353. The number of hydrogen-bond acceptors (Lipinski definition) is 3. The summed E-state index contributed by atoms with van der Waals surface area (Å²) in [5.74, 6) is 0.671. The fourth-order valence-electron chi connectivity index (χ4n) is 2.81. The Balaban J connectivity index is 1.56. The maximum absolute atomic E-state index is 12.7. The molecule has 1 aliphatic heterocycles. The third-order valence-corrected chi connectivity index (χ3v) is 4.02. The highest BCUT2D eigenvalue weighted by atomic mass is 19.4. The third kappa shape index (κ3) is 3.94. The molecule has 3 rings (SSSR count). The molecule has 122 valence electrons. The van der Waals surface area contributed by atoms with Gasteiger partial charge in [-0.2, -0.15) is 13.2 Å². The van der Waals surface area contributed by atoms with E-state index < -0.39 is 11.9 Å². The van der Waals surface area contributed by atoms with Crippen molar-refractivity contribution in [3.05, 3.63) is 54.2 Å². The zero-order valence-corrected chi connectivity index (χ0v) is 12.6. The van der Waals surface area contributed by atoms with Crippen molar-refractivity contribution in [1.82, 2.24) is 4.98 Å². The highest BCUT2D eigenvalue weighted by molar-refractivity contribution is 5.47. The van der Waals surface area contributed by atoms with Gasteiger partial charge in [0.25, 0.3) is 0 Å². The van der Waals surface area contributed by atoms with Crippen LogP contribution in [0.4, 0.5) is 24.7 Å². The summed E-state index contributed by atoms with van der Waals surface area (Å²) in [5, 5.41) is 3.03. The highest BCUT2D eigenvalue weighted by Crippen LogP contribution is 2.28. The normalized spacial score (nSPS) is 18.2. The standard InChI is InChI=1S/C17H18F3N3/c18-17(19,20)15-7-4-8-16(22-15)21-11-13-9-10-23(12-13)14-5-2-1-3-6-14/h1-8,13H,9-12H2,(H,21,22)/t13-/m0/s1. The van der Waals surface area contributed by atoms with Crippen LogP contribution < -0.4 is 10.2 Å². The van der Waals surface area contributed by atoms with E-state index >= 15 is 0 Å². The second-order valence-corrected chi connectivity index (χ2v) is 5.72. The number of para-hydroxylation sites is 1. The molecule has 1 N–H and O–H groups in total. The lowest BCUT2D eigenvalue weighted by Gasteiger charge is -2.19. The Morgan fingerprint density at radius 1 is 1.09 bits per heavy atom. The van der Waals surface area contributed by atoms with Crippen molar-refractivity contribution in [2.75, 3.05) is 29.9 Å². The molecule has 0 bridgehead atoms. The molecular formula is C17H18F3N3. The topological polar surface area (TPSA) is 28.2 Å².